The maximum absolute atomic E-state index is 14.1. The van der Waals surface area contributed by atoms with Gasteiger partial charge in [-0.3, -0.25) is 4.79 Å². The first kappa shape index (κ1) is 23.3. The predicted molar refractivity (Wildman–Crippen MR) is 125 cm³/mol. The van der Waals surface area contributed by atoms with Gasteiger partial charge in [0.05, 0.1) is 19.3 Å². The molecule has 0 aliphatic rings. The maximum atomic E-state index is 14.1. The molecule has 0 unspecified atom stereocenters. The third kappa shape index (κ3) is 5.64. The number of nitrogens with one attached hydrogen (secondary N) is 2. The zero-order valence-electron chi connectivity index (χ0n) is 18.7. The molecule has 3 aromatic rings. The van der Waals surface area contributed by atoms with Crippen LogP contribution in [0.1, 0.15) is 19.4 Å². The Morgan fingerprint density at radius 1 is 1.09 bits per heavy atom. The number of pyridine rings is 1. The Morgan fingerprint density at radius 2 is 1.84 bits per heavy atom. The monoisotopic (exact) mass is 440 g/mol. The topological polar surface area (TPSA) is 77.7 Å². The molecule has 32 heavy (non-hydrogen) atoms. The quantitative estimate of drug-likeness (QED) is 0.526. The highest BCUT2D eigenvalue weighted by molar-refractivity contribution is 5.89. The number of urea groups is 1. The molecule has 0 fully saturated rings. The highest BCUT2D eigenvalue weighted by atomic mass is 19.1. The van der Waals surface area contributed by atoms with Crippen LogP contribution in [0, 0.1) is 5.82 Å². The van der Waals surface area contributed by atoms with E-state index in [0.29, 0.717) is 29.9 Å². The van der Waals surface area contributed by atoms with Gasteiger partial charge in [-0.15, -0.1) is 0 Å². The number of amides is 2. The van der Waals surface area contributed by atoms with Crippen LogP contribution >= 0.6 is 0 Å². The van der Waals surface area contributed by atoms with E-state index in [2.05, 4.69) is 29.0 Å². The van der Waals surface area contributed by atoms with Gasteiger partial charge in [-0.25, -0.2) is 9.18 Å². The predicted octanol–water partition coefficient (Wildman–Crippen LogP) is 4.05. The Hall–Kier alpha value is -3.39. The first-order valence-corrected chi connectivity index (χ1v) is 10.7. The van der Waals surface area contributed by atoms with E-state index in [9.17, 15) is 14.0 Å². The van der Waals surface area contributed by atoms with E-state index >= 15 is 0 Å². The van der Waals surface area contributed by atoms with E-state index in [4.69, 9.17) is 4.74 Å². The Bertz CT molecular complexity index is 1130. The molecule has 3 rings (SSSR count). The summed E-state index contributed by atoms with van der Waals surface area (Å²) in [7, 11) is 1.58. The summed E-state index contributed by atoms with van der Waals surface area (Å²) in [4.78, 5) is 32.3. The summed E-state index contributed by atoms with van der Waals surface area (Å²) < 4.78 is 19.3. The number of anilines is 1. The number of fused-ring (bicyclic) bond motifs is 1. The van der Waals surface area contributed by atoms with Gasteiger partial charge < -0.3 is 24.8 Å². The number of ether oxygens (including phenoxy) is 1. The average molecular weight is 441 g/mol. The molecule has 170 valence electrons. The normalized spacial score (nSPS) is 11.0. The first-order chi connectivity index (χ1) is 15.4. The number of aromatic nitrogens is 1. The molecule has 2 N–H and O–H groups in total. The van der Waals surface area contributed by atoms with Crippen LogP contribution in [0.4, 0.5) is 14.9 Å². The highest BCUT2D eigenvalue weighted by Gasteiger charge is 2.18. The molecule has 1 aromatic heterocycles. The lowest BCUT2D eigenvalue weighted by Crippen LogP contribution is -2.41. The Balaban J connectivity index is 1.88. The van der Waals surface area contributed by atoms with Crippen molar-refractivity contribution < 1.29 is 13.9 Å². The molecule has 0 aliphatic heterocycles. The number of carbonyl (C=O) groups excluding carboxylic acids is 1. The smallest absolute Gasteiger partial charge is 0.322 e. The first-order valence-electron chi connectivity index (χ1n) is 10.7. The average Bonchev–Trinajstić information content (AvgIpc) is 2.80. The van der Waals surface area contributed by atoms with Gasteiger partial charge in [0.1, 0.15) is 11.6 Å². The van der Waals surface area contributed by atoms with Crippen LogP contribution < -0.4 is 15.6 Å². The van der Waals surface area contributed by atoms with Gasteiger partial charge in [0.25, 0.3) is 5.56 Å². The van der Waals surface area contributed by atoms with Gasteiger partial charge in [-0.2, -0.15) is 0 Å². The largest absolute Gasteiger partial charge is 0.497 e. The Labute approximate surface area is 186 Å². The molecule has 0 saturated heterocycles. The zero-order chi connectivity index (χ0) is 23.1. The van der Waals surface area contributed by atoms with Gasteiger partial charge in [-0.05, 0) is 49.5 Å². The van der Waals surface area contributed by atoms with Crippen molar-refractivity contribution in [1.29, 1.82) is 0 Å². The number of likely N-dealkylation sites (N-methyl/N-ethyl adjacent to an activating group) is 1. The Morgan fingerprint density at radius 3 is 2.53 bits per heavy atom. The minimum absolute atomic E-state index is 0.0873. The van der Waals surface area contributed by atoms with Crippen molar-refractivity contribution in [3.63, 3.8) is 0 Å². The maximum Gasteiger partial charge on any atom is 0.322 e. The fraction of sp³-hybridized carbons (Fsp3) is 0.333. The molecule has 2 amide bonds. The number of rotatable bonds is 9. The van der Waals surface area contributed by atoms with Gasteiger partial charge in [0.2, 0.25) is 0 Å². The second-order valence-electron chi connectivity index (χ2n) is 7.44. The fourth-order valence-corrected chi connectivity index (χ4v) is 3.49. The van der Waals surface area contributed by atoms with E-state index in [1.807, 2.05) is 6.07 Å². The van der Waals surface area contributed by atoms with Crippen molar-refractivity contribution in [2.75, 3.05) is 38.6 Å². The molecule has 0 radical (unpaired) electrons. The molecule has 0 spiro atoms. The van der Waals surface area contributed by atoms with Crippen LogP contribution in [0.3, 0.4) is 0 Å². The zero-order valence-corrected chi connectivity index (χ0v) is 18.7. The number of carbonyl (C=O) groups is 1. The lowest BCUT2D eigenvalue weighted by molar-refractivity contribution is 0.194. The SMILES string of the molecule is CCN(CC)CCN(Cc1cc2cc(OC)ccc2[nH]c1=O)C(=O)Nc1ccccc1F. The summed E-state index contributed by atoms with van der Waals surface area (Å²) in [5.74, 6) is 0.159. The number of hydrogen-bond donors (Lipinski definition) is 2. The number of para-hydroxylation sites is 1. The van der Waals surface area contributed by atoms with Gasteiger partial charge in [-0.1, -0.05) is 26.0 Å². The van der Waals surface area contributed by atoms with Crippen molar-refractivity contribution >= 4 is 22.6 Å². The summed E-state index contributed by atoms with van der Waals surface area (Å²) in [5.41, 5.74) is 0.954. The number of methoxy groups -OCH3 is 1. The lowest BCUT2D eigenvalue weighted by Gasteiger charge is -2.26. The summed E-state index contributed by atoms with van der Waals surface area (Å²) in [6.45, 7) is 6.90. The summed E-state index contributed by atoms with van der Waals surface area (Å²) >= 11 is 0. The number of hydrogen-bond acceptors (Lipinski definition) is 4. The molecular formula is C24H29FN4O3. The van der Waals surface area contributed by atoms with Gasteiger partial charge >= 0.3 is 6.03 Å². The molecule has 8 heteroatoms. The number of benzene rings is 2. The minimum Gasteiger partial charge on any atom is -0.497 e. The van der Waals surface area contributed by atoms with Gasteiger partial charge in [0, 0.05) is 29.6 Å². The number of halogens is 1. The van der Waals surface area contributed by atoms with Crippen molar-refractivity contribution in [2.45, 2.75) is 20.4 Å². The van der Waals surface area contributed by atoms with Crippen LogP contribution in [0.2, 0.25) is 0 Å². The van der Waals surface area contributed by atoms with Crippen LogP contribution in [0.25, 0.3) is 10.9 Å². The molecule has 7 nitrogen and oxygen atoms in total. The van der Waals surface area contributed by atoms with Crippen LogP contribution in [0.5, 0.6) is 5.75 Å². The van der Waals surface area contributed by atoms with Crippen molar-refractivity contribution in [3.8, 4) is 5.75 Å². The molecule has 0 aliphatic carbocycles. The van der Waals surface area contributed by atoms with E-state index in [1.165, 1.54) is 17.0 Å². The summed E-state index contributed by atoms with van der Waals surface area (Å²) in [6.07, 6.45) is 0. The highest BCUT2D eigenvalue weighted by Crippen LogP contribution is 2.20. The van der Waals surface area contributed by atoms with Crippen molar-refractivity contribution in [2.24, 2.45) is 0 Å². The van der Waals surface area contributed by atoms with Crippen molar-refractivity contribution in [1.82, 2.24) is 14.8 Å². The summed E-state index contributed by atoms with van der Waals surface area (Å²) in [6, 6.07) is 12.7. The number of nitrogens with zero attached hydrogens (tertiary/aromatic N) is 2. The van der Waals surface area contributed by atoms with E-state index in [1.54, 1.807) is 37.4 Å². The molecular weight excluding hydrogens is 411 g/mol. The number of aromatic amines is 1. The molecule has 0 saturated carbocycles. The molecule has 0 atom stereocenters. The van der Waals surface area contributed by atoms with E-state index in [-0.39, 0.29) is 17.8 Å². The van der Waals surface area contributed by atoms with E-state index < -0.39 is 11.8 Å². The third-order valence-corrected chi connectivity index (χ3v) is 5.47. The van der Waals surface area contributed by atoms with Crippen LogP contribution in [0.15, 0.2) is 53.3 Å². The van der Waals surface area contributed by atoms with Crippen LogP contribution in [-0.2, 0) is 6.54 Å². The van der Waals surface area contributed by atoms with E-state index in [0.717, 1.165) is 18.5 Å². The van der Waals surface area contributed by atoms with Gasteiger partial charge in [0.15, 0.2) is 0 Å². The molecule has 2 aromatic carbocycles. The minimum atomic E-state index is -0.514. The van der Waals surface area contributed by atoms with Crippen LogP contribution in [-0.4, -0.2) is 54.1 Å². The third-order valence-electron chi connectivity index (χ3n) is 5.47. The fourth-order valence-electron chi connectivity index (χ4n) is 3.49. The summed E-state index contributed by atoms with van der Waals surface area (Å²) in [5, 5.41) is 3.43. The number of H-pyrrole nitrogens is 1. The molecule has 0 bridgehead atoms. The standard InChI is InChI=1S/C24H29FN4O3/c1-4-28(5-2)12-13-29(24(31)27-22-9-7-6-8-20(22)25)16-18-14-17-15-19(32-3)10-11-21(17)26-23(18)30/h6-11,14-15H,4-5,12-13,16H2,1-3H3,(H,26,30)(H,27,31). The van der Waals surface area contributed by atoms with Crippen molar-refractivity contribution in [3.05, 3.63) is 70.3 Å². The second kappa shape index (κ2) is 10.8. The second-order valence-corrected chi connectivity index (χ2v) is 7.44. The molecule has 1 heterocycles. The lowest BCUT2D eigenvalue weighted by atomic mass is 10.1. The Kier molecular flexibility index (Phi) is 7.83.